The van der Waals surface area contributed by atoms with Crippen LogP contribution in [0.4, 0.5) is 0 Å². The molecule has 3 atom stereocenters. The molecule has 0 saturated carbocycles. The Bertz CT molecular complexity index is 1460. The molecule has 76 heavy (non-hydrogen) atoms. The lowest BCUT2D eigenvalue weighted by Crippen LogP contribution is -2.30. The van der Waals surface area contributed by atoms with Crippen LogP contribution in [0.2, 0.25) is 0 Å². The Labute approximate surface area is 466 Å². The van der Waals surface area contributed by atoms with Gasteiger partial charge in [0.05, 0.1) is 19.8 Å². The van der Waals surface area contributed by atoms with Crippen molar-refractivity contribution in [2.24, 2.45) is 0 Å². The number of aliphatic hydroxyl groups excluding tert-OH is 1. The van der Waals surface area contributed by atoms with Crippen LogP contribution in [0.3, 0.4) is 0 Å². The van der Waals surface area contributed by atoms with Crippen LogP contribution >= 0.6 is 7.82 Å². The number of esters is 3. The number of carbonyl (C=O) groups is 3. The fraction of sp³-hybridized carbons (Fsp3) is 0.828. The molecular weight excluding hydrogens is 976 g/mol. The van der Waals surface area contributed by atoms with Crippen molar-refractivity contribution in [2.45, 2.75) is 315 Å². The summed E-state index contributed by atoms with van der Waals surface area (Å²) in [4.78, 5) is 48.7. The third-order valence-corrected chi connectivity index (χ3v) is 14.7. The molecule has 0 saturated heterocycles. The van der Waals surface area contributed by atoms with Crippen molar-refractivity contribution in [3.05, 3.63) is 48.6 Å². The monoisotopic (exact) mass is 1090 g/mol. The summed E-state index contributed by atoms with van der Waals surface area (Å²) in [6.45, 7) is 4.55. The van der Waals surface area contributed by atoms with Crippen LogP contribution in [0.5, 0.6) is 0 Å². The quantitative estimate of drug-likeness (QED) is 0.0197. The average molecular weight is 1090 g/mol. The predicted octanol–water partition coefficient (Wildman–Crippen LogP) is 18.9. The van der Waals surface area contributed by atoms with Gasteiger partial charge in [-0.05, 0) is 57.8 Å². The Balaban J connectivity index is 4.69. The van der Waals surface area contributed by atoms with Crippen molar-refractivity contribution in [3.8, 4) is 0 Å². The van der Waals surface area contributed by atoms with Gasteiger partial charge in [-0.2, -0.15) is 0 Å². The van der Waals surface area contributed by atoms with Gasteiger partial charge in [0, 0.05) is 19.3 Å². The molecule has 0 bridgehead atoms. The predicted molar refractivity (Wildman–Crippen MR) is 316 cm³/mol. The molecule has 0 spiro atoms. The summed E-state index contributed by atoms with van der Waals surface area (Å²) in [5.74, 6) is -1.49. The fourth-order valence-corrected chi connectivity index (χ4v) is 9.78. The van der Waals surface area contributed by atoms with Gasteiger partial charge in [-0.25, -0.2) is 4.57 Å². The number of aliphatic hydroxyl groups is 1. The molecule has 0 radical (unpaired) electrons. The smallest absolute Gasteiger partial charge is 0.462 e. The van der Waals surface area contributed by atoms with Crippen molar-refractivity contribution in [3.63, 3.8) is 0 Å². The van der Waals surface area contributed by atoms with Crippen molar-refractivity contribution in [2.75, 3.05) is 26.4 Å². The molecule has 444 valence electrons. The second-order valence-electron chi connectivity index (χ2n) is 21.2. The van der Waals surface area contributed by atoms with E-state index in [1.165, 1.54) is 167 Å². The van der Waals surface area contributed by atoms with E-state index in [-0.39, 0.29) is 25.9 Å². The Kier molecular flexibility index (Phi) is 56.6. The lowest BCUT2D eigenvalue weighted by Gasteiger charge is -2.21. The van der Waals surface area contributed by atoms with Gasteiger partial charge >= 0.3 is 25.7 Å². The molecule has 0 aliphatic heterocycles. The number of unbranched alkanes of at least 4 members (excludes halogenated alkanes) is 34. The average Bonchev–Trinajstić information content (AvgIpc) is 3.41. The van der Waals surface area contributed by atoms with Gasteiger partial charge in [-0.15, -0.1) is 0 Å². The zero-order valence-electron chi connectivity index (χ0n) is 49.2. The van der Waals surface area contributed by atoms with Crippen LogP contribution in [0.1, 0.15) is 303 Å². The zero-order valence-corrected chi connectivity index (χ0v) is 50.1. The largest absolute Gasteiger partial charge is 0.472 e. The number of allylic oxidation sites excluding steroid dienone is 8. The highest BCUT2D eigenvalue weighted by Crippen LogP contribution is 2.43. The number of carbonyl (C=O) groups excluding carboxylic acids is 3. The van der Waals surface area contributed by atoms with E-state index in [2.05, 4.69) is 69.4 Å². The number of ether oxygens (including phenoxy) is 3. The molecule has 2 N–H and O–H groups in total. The summed E-state index contributed by atoms with van der Waals surface area (Å²) >= 11 is 0. The summed E-state index contributed by atoms with van der Waals surface area (Å²) in [7, 11) is -4.76. The molecule has 3 unspecified atom stereocenters. The van der Waals surface area contributed by atoms with E-state index in [1.54, 1.807) is 0 Å². The third-order valence-electron chi connectivity index (χ3n) is 13.8. The van der Waals surface area contributed by atoms with Gasteiger partial charge in [-0.3, -0.25) is 23.4 Å². The van der Waals surface area contributed by atoms with E-state index in [0.717, 1.165) is 77.0 Å². The summed E-state index contributed by atoms with van der Waals surface area (Å²) in [6.07, 6.45) is 63.5. The molecule has 0 amide bonds. The number of rotatable bonds is 59. The highest BCUT2D eigenvalue weighted by atomic mass is 31.2. The van der Waals surface area contributed by atoms with Gasteiger partial charge in [0.1, 0.15) is 12.7 Å². The van der Waals surface area contributed by atoms with E-state index < -0.39 is 57.8 Å². The molecular formula is C64H117O11P. The summed E-state index contributed by atoms with van der Waals surface area (Å²) < 4.78 is 39.6. The molecule has 12 heteroatoms. The van der Waals surface area contributed by atoms with E-state index in [1.807, 2.05) is 0 Å². The first-order valence-electron chi connectivity index (χ1n) is 31.5. The number of hydrogen-bond acceptors (Lipinski definition) is 10. The van der Waals surface area contributed by atoms with E-state index in [4.69, 9.17) is 23.3 Å². The van der Waals surface area contributed by atoms with Crippen LogP contribution in [-0.4, -0.2) is 66.5 Å². The van der Waals surface area contributed by atoms with Crippen molar-refractivity contribution in [1.82, 2.24) is 0 Å². The Morgan fingerprint density at radius 2 is 0.684 bits per heavy atom. The third kappa shape index (κ3) is 56.2. The minimum atomic E-state index is -4.76. The summed E-state index contributed by atoms with van der Waals surface area (Å²) in [5.41, 5.74) is 0. The van der Waals surface area contributed by atoms with Gasteiger partial charge in [-0.1, -0.05) is 275 Å². The van der Waals surface area contributed by atoms with Crippen molar-refractivity contribution >= 4 is 25.7 Å². The normalized spacial score (nSPS) is 13.6. The van der Waals surface area contributed by atoms with E-state index in [9.17, 15) is 28.9 Å². The highest BCUT2D eigenvalue weighted by Gasteiger charge is 2.28. The second-order valence-corrected chi connectivity index (χ2v) is 22.7. The molecule has 0 aliphatic rings. The van der Waals surface area contributed by atoms with Crippen molar-refractivity contribution < 1.29 is 52.2 Å². The minimum Gasteiger partial charge on any atom is -0.462 e. The van der Waals surface area contributed by atoms with Gasteiger partial charge in [0.25, 0.3) is 0 Å². The van der Waals surface area contributed by atoms with Crippen LogP contribution in [-0.2, 0) is 42.2 Å². The number of phosphoric ester groups is 1. The molecule has 0 fully saturated rings. The molecule has 0 aromatic rings. The molecule has 0 heterocycles. The van der Waals surface area contributed by atoms with Gasteiger partial charge in [0.15, 0.2) is 6.10 Å². The Hall–Kier alpha value is -2.56. The maximum atomic E-state index is 12.9. The summed E-state index contributed by atoms with van der Waals surface area (Å²) in [5, 5.41) is 9.85. The van der Waals surface area contributed by atoms with Gasteiger partial charge < -0.3 is 24.2 Å². The molecule has 0 aromatic carbocycles. The first kappa shape index (κ1) is 73.4. The lowest BCUT2D eigenvalue weighted by atomic mass is 10.0. The number of phosphoric acid groups is 1. The molecule has 11 nitrogen and oxygen atoms in total. The van der Waals surface area contributed by atoms with Crippen LogP contribution in [0.15, 0.2) is 48.6 Å². The molecule has 0 rings (SSSR count). The van der Waals surface area contributed by atoms with E-state index in [0.29, 0.717) is 19.3 Å². The first-order chi connectivity index (χ1) is 37.2. The maximum Gasteiger partial charge on any atom is 0.472 e. The van der Waals surface area contributed by atoms with Crippen LogP contribution in [0.25, 0.3) is 0 Å². The molecule has 0 aromatic heterocycles. The minimum absolute atomic E-state index is 0.163. The summed E-state index contributed by atoms with van der Waals surface area (Å²) in [6, 6.07) is 0. The van der Waals surface area contributed by atoms with Crippen LogP contribution < -0.4 is 0 Å². The maximum absolute atomic E-state index is 12.9. The second kappa shape index (κ2) is 58.6. The van der Waals surface area contributed by atoms with Gasteiger partial charge in [0.2, 0.25) is 0 Å². The highest BCUT2D eigenvalue weighted by molar-refractivity contribution is 7.47. The molecule has 0 aliphatic carbocycles. The fourth-order valence-electron chi connectivity index (χ4n) is 9.00. The standard InChI is InChI=1S/C64H117O11P/c1-4-7-10-13-16-19-22-25-28-30-33-36-39-42-45-48-51-54-63(67)74-60(56-65)58-72-76(69,70)73-59-61(57-71-62(66)53-50-47-44-41-38-35-32-27-24-21-18-15-12-9-6-3)75-64(68)55-52-49-46-43-40-37-34-31-29-26-23-20-17-14-11-8-5-2/h9,12,18,21,27,32,38,41,60-61,65H,4-8,10-11,13-17,19-20,22-26,28-31,33-37,39-40,42-59H2,1-3H3,(H,69,70)/b12-9-,21-18-,32-27-,41-38-. The number of hydrogen-bond donors (Lipinski definition) is 2. The Morgan fingerprint density at radius 1 is 0.382 bits per heavy atom. The lowest BCUT2D eigenvalue weighted by molar-refractivity contribution is -0.161. The topological polar surface area (TPSA) is 155 Å². The first-order valence-corrected chi connectivity index (χ1v) is 33.0. The van der Waals surface area contributed by atoms with Crippen LogP contribution in [0, 0.1) is 0 Å². The Morgan fingerprint density at radius 3 is 1.05 bits per heavy atom. The zero-order chi connectivity index (χ0) is 55.5. The van der Waals surface area contributed by atoms with Crippen molar-refractivity contribution in [1.29, 1.82) is 0 Å². The van der Waals surface area contributed by atoms with E-state index >= 15 is 0 Å². The SMILES string of the molecule is CC/C=C\C/C=C\C/C=C\C/C=C\CCCCC(=O)OCC(COP(=O)(O)OCC(CO)OC(=O)CCCCCCCCCCCCCCCCCCC)OC(=O)CCCCCCCCCCCCCCCCCCC.